The van der Waals surface area contributed by atoms with Gasteiger partial charge in [0.05, 0.1) is 17.9 Å². The Bertz CT molecular complexity index is 729. The molecule has 5 nitrogen and oxygen atoms in total. The quantitative estimate of drug-likeness (QED) is 0.731. The van der Waals surface area contributed by atoms with Gasteiger partial charge in [0.15, 0.2) is 0 Å². The van der Waals surface area contributed by atoms with Crippen molar-refractivity contribution in [1.82, 2.24) is 20.1 Å². The van der Waals surface area contributed by atoms with Gasteiger partial charge in [-0.05, 0) is 24.6 Å². The van der Waals surface area contributed by atoms with Crippen molar-refractivity contribution in [2.75, 3.05) is 6.54 Å². The third-order valence-electron chi connectivity index (χ3n) is 4.09. The highest BCUT2D eigenvalue weighted by atomic mass is 16.3. The minimum Gasteiger partial charge on any atom is -0.384 e. The molecule has 0 unspecified atom stereocenters. The van der Waals surface area contributed by atoms with Gasteiger partial charge in [-0.15, -0.1) is 0 Å². The lowest BCUT2D eigenvalue weighted by Gasteiger charge is -2.26. The summed E-state index contributed by atoms with van der Waals surface area (Å²) in [5, 5.41) is 18.4. The summed E-state index contributed by atoms with van der Waals surface area (Å²) in [6, 6.07) is 15.9. The lowest BCUT2D eigenvalue weighted by molar-refractivity contribution is 0.0548. The van der Waals surface area contributed by atoms with Crippen LogP contribution in [0.4, 0.5) is 0 Å². The van der Waals surface area contributed by atoms with Crippen LogP contribution in [-0.2, 0) is 12.6 Å². The number of nitrogens with one attached hydrogen (secondary N) is 1. The molecule has 0 radical (unpaired) electrons. The van der Waals surface area contributed by atoms with Gasteiger partial charge < -0.3 is 10.4 Å². The zero-order valence-corrected chi connectivity index (χ0v) is 13.9. The Labute approximate surface area is 142 Å². The summed E-state index contributed by atoms with van der Waals surface area (Å²) in [6.07, 6.45) is 5.31. The van der Waals surface area contributed by atoms with Gasteiger partial charge in [-0.1, -0.05) is 36.4 Å². The Kier molecular flexibility index (Phi) is 4.74. The van der Waals surface area contributed by atoms with Crippen molar-refractivity contribution in [3.8, 4) is 0 Å². The van der Waals surface area contributed by atoms with E-state index >= 15 is 0 Å². The molecule has 1 aromatic carbocycles. The molecule has 3 rings (SSSR count). The van der Waals surface area contributed by atoms with Crippen LogP contribution in [0.15, 0.2) is 67.1 Å². The van der Waals surface area contributed by atoms with Crippen LogP contribution in [0.25, 0.3) is 0 Å². The van der Waals surface area contributed by atoms with E-state index in [0.29, 0.717) is 6.54 Å². The summed E-state index contributed by atoms with van der Waals surface area (Å²) >= 11 is 0. The summed E-state index contributed by atoms with van der Waals surface area (Å²) in [7, 11) is 1.84. The van der Waals surface area contributed by atoms with Crippen molar-refractivity contribution >= 4 is 0 Å². The van der Waals surface area contributed by atoms with Crippen molar-refractivity contribution in [3.63, 3.8) is 0 Å². The van der Waals surface area contributed by atoms with Crippen LogP contribution >= 0.6 is 0 Å². The third kappa shape index (κ3) is 3.69. The van der Waals surface area contributed by atoms with Gasteiger partial charge in [0, 0.05) is 31.5 Å². The molecule has 0 saturated heterocycles. The molecule has 2 aromatic heterocycles. The molecule has 124 valence electrons. The number of aliphatic hydroxyl groups is 1. The molecule has 0 bridgehead atoms. The SMILES string of the molecule is Cn1cc([C@](C)(O)CN[C@@H](c2ccccc2)c2ccccn2)cn1. The molecule has 0 saturated carbocycles. The molecule has 0 spiro atoms. The Hall–Kier alpha value is -2.50. The Morgan fingerprint density at radius 3 is 2.54 bits per heavy atom. The first-order valence-electron chi connectivity index (χ1n) is 7.97. The van der Waals surface area contributed by atoms with Crippen LogP contribution in [0, 0.1) is 0 Å². The van der Waals surface area contributed by atoms with Crippen LogP contribution in [0.2, 0.25) is 0 Å². The fraction of sp³-hybridized carbons (Fsp3) is 0.263. The maximum Gasteiger partial charge on any atom is 0.102 e. The zero-order valence-electron chi connectivity index (χ0n) is 13.9. The van der Waals surface area contributed by atoms with Gasteiger partial charge in [0.2, 0.25) is 0 Å². The number of hydrogen-bond donors (Lipinski definition) is 2. The molecule has 0 aliphatic carbocycles. The highest BCUT2D eigenvalue weighted by Crippen LogP contribution is 2.24. The Morgan fingerprint density at radius 2 is 1.92 bits per heavy atom. The predicted molar refractivity (Wildman–Crippen MR) is 93.3 cm³/mol. The average Bonchev–Trinajstić information content (AvgIpc) is 3.04. The summed E-state index contributed by atoms with van der Waals surface area (Å²) in [6.45, 7) is 2.17. The largest absolute Gasteiger partial charge is 0.384 e. The first-order valence-corrected chi connectivity index (χ1v) is 7.97. The van der Waals surface area contributed by atoms with E-state index in [1.807, 2.05) is 49.6 Å². The van der Waals surface area contributed by atoms with Crippen LogP contribution in [0.5, 0.6) is 0 Å². The van der Waals surface area contributed by atoms with Gasteiger partial charge in [-0.25, -0.2) is 0 Å². The minimum absolute atomic E-state index is 0.0875. The number of hydrogen-bond acceptors (Lipinski definition) is 4. The van der Waals surface area contributed by atoms with E-state index in [2.05, 4.69) is 27.5 Å². The van der Waals surface area contributed by atoms with Crippen molar-refractivity contribution in [1.29, 1.82) is 0 Å². The topological polar surface area (TPSA) is 63.0 Å². The van der Waals surface area contributed by atoms with Gasteiger partial charge in [-0.2, -0.15) is 5.10 Å². The number of pyridine rings is 1. The van der Waals surface area contributed by atoms with Crippen LogP contribution in [0.3, 0.4) is 0 Å². The van der Waals surface area contributed by atoms with Gasteiger partial charge in [0.1, 0.15) is 5.60 Å². The fourth-order valence-corrected chi connectivity index (χ4v) is 2.69. The molecule has 0 amide bonds. The molecule has 2 heterocycles. The normalized spacial score (nSPS) is 15.0. The van der Waals surface area contributed by atoms with E-state index < -0.39 is 5.60 Å². The number of nitrogens with zero attached hydrogens (tertiary/aromatic N) is 3. The summed E-state index contributed by atoms with van der Waals surface area (Å²) in [5.41, 5.74) is 1.80. The average molecular weight is 322 g/mol. The number of aromatic nitrogens is 3. The molecular weight excluding hydrogens is 300 g/mol. The molecule has 2 N–H and O–H groups in total. The molecule has 0 fully saturated rings. The number of aryl methyl sites for hydroxylation is 1. The highest BCUT2D eigenvalue weighted by Gasteiger charge is 2.26. The van der Waals surface area contributed by atoms with Gasteiger partial charge >= 0.3 is 0 Å². The van der Waals surface area contributed by atoms with E-state index in [-0.39, 0.29) is 6.04 Å². The molecule has 0 aliphatic heterocycles. The zero-order chi connectivity index (χ0) is 17.0. The molecule has 0 aliphatic rings. The minimum atomic E-state index is -1.02. The fourth-order valence-electron chi connectivity index (χ4n) is 2.69. The maximum atomic E-state index is 10.8. The first kappa shape index (κ1) is 16.4. The monoisotopic (exact) mass is 322 g/mol. The van der Waals surface area contributed by atoms with Gasteiger partial charge in [-0.3, -0.25) is 9.67 Å². The van der Waals surface area contributed by atoms with E-state index in [1.54, 1.807) is 24.0 Å². The number of benzene rings is 1. The van der Waals surface area contributed by atoms with Crippen molar-refractivity contribution in [2.45, 2.75) is 18.6 Å². The standard InChI is InChI=1S/C19H22N4O/c1-19(24,16-12-22-23(2)13-16)14-21-18(15-8-4-3-5-9-15)17-10-6-7-11-20-17/h3-13,18,21,24H,14H2,1-2H3/t18-,19+/m0/s1. The van der Waals surface area contributed by atoms with E-state index in [1.165, 1.54) is 0 Å². The molecule has 3 aromatic rings. The lowest BCUT2D eigenvalue weighted by atomic mass is 9.97. The summed E-state index contributed by atoms with van der Waals surface area (Å²) in [5.74, 6) is 0. The van der Waals surface area contributed by atoms with Crippen LogP contribution in [-0.4, -0.2) is 26.4 Å². The molecule has 2 atom stereocenters. The third-order valence-corrected chi connectivity index (χ3v) is 4.09. The first-order chi connectivity index (χ1) is 11.6. The van der Waals surface area contributed by atoms with Crippen molar-refractivity contribution in [3.05, 3.63) is 83.9 Å². The highest BCUT2D eigenvalue weighted by molar-refractivity contribution is 5.28. The molecular formula is C19H22N4O. The number of rotatable bonds is 6. The van der Waals surface area contributed by atoms with E-state index in [0.717, 1.165) is 16.8 Å². The van der Waals surface area contributed by atoms with Crippen molar-refractivity contribution < 1.29 is 5.11 Å². The van der Waals surface area contributed by atoms with E-state index in [4.69, 9.17) is 0 Å². The van der Waals surface area contributed by atoms with Crippen LogP contribution < -0.4 is 5.32 Å². The second-order valence-electron chi connectivity index (χ2n) is 6.16. The summed E-state index contributed by atoms with van der Waals surface area (Å²) in [4.78, 5) is 4.47. The maximum absolute atomic E-state index is 10.8. The Morgan fingerprint density at radius 1 is 1.17 bits per heavy atom. The van der Waals surface area contributed by atoms with Crippen LogP contribution in [0.1, 0.15) is 29.8 Å². The Balaban J connectivity index is 1.82. The second-order valence-corrected chi connectivity index (χ2v) is 6.16. The second kappa shape index (κ2) is 6.95. The predicted octanol–water partition coefficient (Wildman–Crippen LogP) is 2.40. The molecule has 5 heteroatoms. The van der Waals surface area contributed by atoms with Crippen molar-refractivity contribution in [2.24, 2.45) is 7.05 Å². The summed E-state index contributed by atoms with van der Waals surface area (Å²) < 4.78 is 1.69. The molecule has 24 heavy (non-hydrogen) atoms. The smallest absolute Gasteiger partial charge is 0.102 e. The van der Waals surface area contributed by atoms with E-state index in [9.17, 15) is 5.11 Å². The van der Waals surface area contributed by atoms with Gasteiger partial charge in [0.25, 0.3) is 0 Å². The lowest BCUT2D eigenvalue weighted by Crippen LogP contribution is -2.37.